The number of aromatic carboxylic acids is 1. The van der Waals surface area contributed by atoms with Crippen molar-refractivity contribution in [2.75, 3.05) is 151 Å². The van der Waals surface area contributed by atoms with Crippen LogP contribution in [0.5, 0.6) is 5.75 Å². The van der Waals surface area contributed by atoms with Gasteiger partial charge in [0.15, 0.2) is 5.78 Å². The number of unbranched alkanes of at least 4 members (excludes halogenated alkanes) is 3. The van der Waals surface area contributed by atoms with E-state index in [4.69, 9.17) is 80.6 Å². The zero-order valence-corrected chi connectivity index (χ0v) is 61.7. The van der Waals surface area contributed by atoms with Crippen molar-refractivity contribution in [2.24, 2.45) is 0 Å². The topological polar surface area (TPSA) is 548 Å². The highest BCUT2D eigenvalue weighted by atomic mass is 31.2. The molecule has 2 aliphatic heterocycles. The number of aliphatic hydroxyl groups is 2. The number of nitrogen functional groups attached to an aromatic ring is 1. The van der Waals surface area contributed by atoms with Crippen LogP contribution in [0.1, 0.15) is 94.0 Å². The van der Waals surface area contributed by atoms with Crippen molar-refractivity contribution < 1.29 is 138 Å². The van der Waals surface area contributed by atoms with E-state index in [1.165, 1.54) is 48.7 Å². The van der Waals surface area contributed by atoms with E-state index in [1.54, 1.807) is 18.2 Å². The lowest BCUT2D eigenvalue weighted by Gasteiger charge is -2.29. The summed E-state index contributed by atoms with van der Waals surface area (Å²) in [7, 11) is -15.4. The summed E-state index contributed by atoms with van der Waals surface area (Å²) in [6, 6.07) is 10.3. The molecular weight excluding hydrogens is 1510 g/mol. The van der Waals surface area contributed by atoms with Gasteiger partial charge in [0.05, 0.1) is 155 Å². The number of phosphoric ester groups is 3. The van der Waals surface area contributed by atoms with Crippen LogP contribution in [0.25, 0.3) is 11.6 Å². The number of carboxylic acids is 1. The Morgan fingerprint density at radius 2 is 1.22 bits per heavy atom. The average molecular weight is 1600 g/mol. The van der Waals surface area contributed by atoms with E-state index in [0.29, 0.717) is 86.4 Å². The molecule has 9 N–H and O–H groups in total. The standard InChI is InChI=1S/C67H90N7O32P3/c68-58-13-16-73(66(84)71-58)60-39-54(78)56(104-60)42-102-107(86,87)99-32-29-97-27-28-98-31-34-101-109(90,91)106-55-40-61(105-57(55)43-103-108(88,89)100-33-30-96-26-25-95-24-23-94-22-21-93-20-19-92-18-17-75)74-41-45(64(81)72-67(74)85)6-12-59(79)69-14-3-1-2-4-15-70-63(80)44-5-9-52(65(82)83)53(38-44)62-50-10-7-48(76)36-46(50)35-47-37-49(77)8-11-51(47)62/h5-13,16,36-38,41,54-57,60-61,75-76,78H,1-4,14-15,17-35,39-40,42-43H2,(H,69,79)(H,70,80)(H,82,83)(H,86,87)(H,88,89)(H,90,91)(H2,68,71,84)(H,72,81,85)/p-3/b12-6+/t54?,55?,56-,57-,60-,61-/m1/s1. The third-order valence-electron chi connectivity index (χ3n) is 16.4. The van der Waals surface area contributed by atoms with Crippen LogP contribution < -0.4 is 48.0 Å². The van der Waals surface area contributed by atoms with Gasteiger partial charge in [-0.1, -0.05) is 25.0 Å². The van der Waals surface area contributed by atoms with Crippen LogP contribution in [-0.4, -0.2) is 233 Å². The number of nitrogens with one attached hydrogen (secondary N) is 3. The number of carbonyl (C=O) groups excluding carboxylic acids is 3. The number of amides is 2. The second-order valence-electron chi connectivity index (χ2n) is 24.2. The summed E-state index contributed by atoms with van der Waals surface area (Å²) < 4.78 is 119. The highest BCUT2D eigenvalue weighted by Gasteiger charge is 2.41. The minimum Gasteiger partial charge on any atom is -0.756 e. The molecule has 4 aromatic rings. The predicted octanol–water partition coefficient (Wildman–Crippen LogP) is 0.240. The average Bonchev–Trinajstić information content (AvgIpc) is 1.07. The molecular formula is C67H87N7O32P3-3. The molecule has 0 saturated carbocycles. The van der Waals surface area contributed by atoms with Crippen molar-refractivity contribution in [1.29, 1.82) is 0 Å². The maximum Gasteiger partial charge on any atom is 0.351 e. The van der Waals surface area contributed by atoms with Gasteiger partial charge in [0, 0.05) is 50.0 Å². The van der Waals surface area contributed by atoms with Gasteiger partial charge in [0.25, 0.3) is 34.9 Å². The lowest BCUT2D eigenvalue weighted by Crippen LogP contribution is -2.33. The molecule has 2 amide bonds. The number of rotatable bonds is 51. The maximum atomic E-state index is 13.5. The summed E-state index contributed by atoms with van der Waals surface area (Å²) in [4.78, 5) is 134. The summed E-state index contributed by atoms with van der Waals surface area (Å²) in [5.41, 5.74) is 6.01. The molecule has 0 radical (unpaired) electrons. The Balaban J connectivity index is 0.764. The van der Waals surface area contributed by atoms with Crippen LogP contribution in [0.4, 0.5) is 5.82 Å². The molecule has 0 bridgehead atoms. The number of anilines is 1. The number of H-pyrrole nitrogens is 1. The van der Waals surface area contributed by atoms with Crippen LogP contribution in [0, 0.1) is 0 Å². The molecule has 2 aromatic heterocycles. The second-order valence-corrected chi connectivity index (χ2v) is 28.4. The lowest BCUT2D eigenvalue weighted by atomic mass is 9.76. The van der Waals surface area contributed by atoms with E-state index in [1.807, 2.05) is 0 Å². The smallest absolute Gasteiger partial charge is 0.351 e. The number of aromatic amines is 1. The number of ether oxygens (including phenoxy) is 9. The fourth-order valence-electron chi connectivity index (χ4n) is 11.2. The van der Waals surface area contributed by atoms with Gasteiger partial charge in [0.2, 0.25) is 5.91 Å². The van der Waals surface area contributed by atoms with Crippen molar-refractivity contribution in [2.45, 2.75) is 81.8 Å². The number of hydrogen-bond acceptors (Lipinski definition) is 33. The SMILES string of the molecule is Nc1ccn([C@H]2CC(O)[C@@H](COP(=O)([O-])OCCOCCOCCOP(=O)([O-])OC3C[C@H](n4cc(/C=C/C(=O)NCCCCCCNC(=O)c5ccc(C(=O)O)c(C6=C7C=CC(=O)C=C7Cc7cc(O)ccc76)c5)c(=O)[nH]c4=O)O[C@@H]3COP(=O)([O-])OCCOCCOCCOCCOCCOCCO)O2)c(=O)n1. The fourth-order valence-corrected chi connectivity index (χ4v) is 13.5. The summed E-state index contributed by atoms with van der Waals surface area (Å²) in [6.45, 7) is -1.74. The summed E-state index contributed by atoms with van der Waals surface area (Å²) >= 11 is 0. The molecule has 600 valence electrons. The molecule has 5 unspecified atom stereocenters. The van der Waals surface area contributed by atoms with Gasteiger partial charge in [-0.05, 0) is 107 Å². The number of carboxylic acid groups (broad SMARTS) is 1. The lowest BCUT2D eigenvalue weighted by molar-refractivity contribution is -0.235. The van der Waals surface area contributed by atoms with Crippen molar-refractivity contribution >= 4 is 64.5 Å². The molecule has 2 fully saturated rings. The molecule has 4 aliphatic rings. The number of ketones is 1. The Hall–Kier alpha value is -7.47. The van der Waals surface area contributed by atoms with E-state index in [-0.39, 0.29) is 132 Å². The third-order valence-corrected chi connectivity index (χ3v) is 19.4. The number of carbonyl (C=O) groups is 4. The number of phosphoric acid groups is 3. The Kier molecular flexibility index (Phi) is 35.1. The third kappa shape index (κ3) is 28.7. The zero-order chi connectivity index (χ0) is 78.4. The molecule has 0 spiro atoms. The minimum absolute atomic E-state index is 0.00381. The number of aromatic hydroxyl groups is 1. The maximum absolute atomic E-state index is 13.5. The first kappa shape index (κ1) is 87.1. The summed E-state index contributed by atoms with van der Waals surface area (Å²) in [6.07, 6.45) is 3.02. The van der Waals surface area contributed by atoms with Crippen molar-refractivity contribution in [3.63, 3.8) is 0 Å². The Labute approximate surface area is 623 Å². The minimum atomic E-state index is -5.34. The molecule has 8 rings (SSSR count). The van der Waals surface area contributed by atoms with Crippen molar-refractivity contribution in [3.05, 3.63) is 155 Å². The van der Waals surface area contributed by atoms with E-state index >= 15 is 0 Å². The monoisotopic (exact) mass is 1590 g/mol. The quantitative estimate of drug-likeness (QED) is 0.0167. The van der Waals surface area contributed by atoms with Crippen LogP contribution in [0.3, 0.4) is 0 Å². The number of phenolic OH excluding ortho intramolecular Hbond substituents is 1. The number of aromatic nitrogens is 4. The van der Waals surface area contributed by atoms with Crippen molar-refractivity contribution in [1.82, 2.24) is 29.7 Å². The van der Waals surface area contributed by atoms with Crippen LogP contribution >= 0.6 is 23.5 Å². The summed E-state index contributed by atoms with van der Waals surface area (Å²) in [5.74, 6) is -2.58. The summed E-state index contributed by atoms with van der Waals surface area (Å²) in [5, 5.41) is 45.1. The number of benzene rings is 2. The molecule has 2 aromatic carbocycles. The van der Waals surface area contributed by atoms with Gasteiger partial charge in [-0.3, -0.25) is 47.0 Å². The molecule has 39 nitrogen and oxygen atoms in total. The van der Waals surface area contributed by atoms with Crippen LogP contribution in [0.15, 0.2) is 105 Å². The van der Waals surface area contributed by atoms with Gasteiger partial charge >= 0.3 is 17.3 Å². The van der Waals surface area contributed by atoms with Crippen LogP contribution in [0.2, 0.25) is 0 Å². The molecule has 2 saturated heterocycles. The number of nitrogens with two attached hydrogens (primary N) is 1. The van der Waals surface area contributed by atoms with Gasteiger partial charge in [-0.25, -0.2) is 14.4 Å². The normalized spacial score (nSPS) is 20.0. The van der Waals surface area contributed by atoms with Gasteiger partial charge in [-0.15, -0.1) is 0 Å². The largest absolute Gasteiger partial charge is 0.756 e. The first-order valence-corrected chi connectivity index (χ1v) is 39.0. The van der Waals surface area contributed by atoms with E-state index < -0.39 is 135 Å². The Bertz CT molecular complexity index is 4180. The number of phenols is 1. The highest BCUT2D eigenvalue weighted by Crippen LogP contribution is 2.47. The predicted molar refractivity (Wildman–Crippen MR) is 374 cm³/mol. The van der Waals surface area contributed by atoms with Gasteiger partial charge < -0.3 is 121 Å². The number of fused-ring (bicyclic) bond motifs is 2. The number of allylic oxidation sites excluding steroid dienone is 5. The number of hydrogen-bond donors (Lipinski definition) is 8. The van der Waals surface area contributed by atoms with Gasteiger partial charge in [0.1, 0.15) is 36.2 Å². The first-order chi connectivity index (χ1) is 52.3. The number of nitrogens with zero attached hydrogens (tertiary/aromatic N) is 3. The van der Waals surface area contributed by atoms with Crippen molar-refractivity contribution in [3.8, 4) is 5.75 Å². The van der Waals surface area contributed by atoms with E-state index in [9.17, 15) is 77.3 Å². The molecule has 9 atom stereocenters. The first-order valence-electron chi connectivity index (χ1n) is 34.6. The van der Waals surface area contributed by atoms with E-state index in [0.717, 1.165) is 27.5 Å². The molecule has 2 aliphatic carbocycles. The zero-order valence-electron chi connectivity index (χ0n) is 59.0. The highest BCUT2D eigenvalue weighted by molar-refractivity contribution is 7.46. The number of aliphatic hydroxyl groups excluding tert-OH is 2. The molecule has 109 heavy (non-hydrogen) atoms. The van der Waals surface area contributed by atoms with Crippen LogP contribution in [-0.2, 0) is 99.5 Å². The van der Waals surface area contributed by atoms with Gasteiger partial charge in [-0.2, -0.15) is 4.98 Å². The van der Waals surface area contributed by atoms with E-state index in [2.05, 4.69) is 20.6 Å². The molecule has 42 heteroatoms. The molecule has 4 heterocycles. The second kappa shape index (κ2) is 43.9. The Morgan fingerprint density at radius 1 is 0.661 bits per heavy atom. The Morgan fingerprint density at radius 3 is 1.82 bits per heavy atom. The fraction of sp³-hybridized carbons (Fsp3) is 0.522.